The molecular weight excluding hydrogens is 210 g/mol. The van der Waals surface area contributed by atoms with Crippen LogP contribution in [-0.4, -0.2) is 9.97 Å². The fraction of sp³-hybridized carbons (Fsp3) is 0.286. The van der Waals surface area contributed by atoms with Crippen molar-refractivity contribution in [2.45, 2.75) is 26.7 Å². The molecule has 3 heteroatoms. The van der Waals surface area contributed by atoms with Gasteiger partial charge < -0.3 is 5.32 Å². The van der Waals surface area contributed by atoms with Crippen LogP contribution in [0.1, 0.15) is 25.0 Å². The Kier molecular flexibility index (Phi) is 3.70. The number of anilines is 2. The Hall–Kier alpha value is -1.90. The van der Waals surface area contributed by atoms with Crippen LogP contribution in [0.5, 0.6) is 0 Å². The first-order valence-electron chi connectivity index (χ1n) is 5.98. The molecule has 0 spiro atoms. The van der Waals surface area contributed by atoms with Crippen LogP contribution in [0.15, 0.2) is 36.7 Å². The monoisotopic (exact) mass is 227 g/mol. The van der Waals surface area contributed by atoms with Crippen molar-refractivity contribution in [1.29, 1.82) is 0 Å². The predicted molar refractivity (Wildman–Crippen MR) is 70.5 cm³/mol. The van der Waals surface area contributed by atoms with Crippen molar-refractivity contribution in [3.05, 3.63) is 47.8 Å². The van der Waals surface area contributed by atoms with Gasteiger partial charge in [-0.15, -0.1) is 0 Å². The molecule has 2 rings (SSSR count). The lowest BCUT2D eigenvalue weighted by Gasteiger charge is -2.06. The summed E-state index contributed by atoms with van der Waals surface area (Å²) < 4.78 is 0. The SMILES string of the molecule is CCc1ccnc(Nc2cc(CC)ccn2)c1. The molecule has 0 bridgehead atoms. The third-order valence-corrected chi connectivity index (χ3v) is 2.72. The van der Waals surface area contributed by atoms with E-state index in [-0.39, 0.29) is 0 Å². The van der Waals surface area contributed by atoms with E-state index >= 15 is 0 Å². The largest absolute Gasteiger partial charge is 0.325 e. The summed E-state index contributed by atoms with van der Waals surface area (Å²) in [5.41, 5.74) is 2.54. The number of aromatic nitrogens is 2. The van der Waals surface area contributed by atoms with Crippen LogP contribution in [0, 0.1) is 0 Å². The molecule has 0 fully saturated rings. The molecule has 0 aliphatic carbocycles. The zero-order valence-electron chi connectivity index (χ0n) is 10.3. The molecule has 0 unspecified atom stereocenters. The van der Waals surface area contributed by atoms with Gasteiger partial charge in [-0.1, -0.05) is 13.8 Å². The van der Waals surface area contributed by atoms with Crippen molar-refractivity contribution >= 4 is 11.6 Å². The van der Waals surface area contributed by atoms with E-state index in [1.165, 1.54) is 11.1 Å². The normalized spacial score (nSPS) is 10.2. The first kappa shape index (κ1) is 11.6. The quantitative estimate of drug-likeness (QED) is 0.870. The summed E-state index contributed by atoms with van der Waals surface area (Å²) in [5.74, 6) is 1.70. The number of nitrogens with zero attached hydrogens (tertiary/aromatic N) is 2. The second-order valence-corrected chi connectivity index (χ2v) is 3.93. The summed E-state index contributed by atoms with van der Waals surface area (Å²) in [7, 11) is 0. The molecule has 0 aliphatic rings. The molecule has 0 aromatic carbocycles. The highest BCUT2D eigenvalue weighted by molar-refractivity contribution is 5.52. The summed E-state index contributed by atoms with van der Waals surface area (Å²) >= 11 is 0. The molecule has 0 aliphatic heterocycles. The van der Waals surface area contributed by atoms with Crippen molar-refractivity contribution in [3.63, 3.8) is 0 Å². The van der Waals surface area contributed by atoms with Gasteiger partial charge in [0.25, 0.3) is 0 Å². The third kappa shape index (κ3) is 3.03. The second-order valence-electron chi connectivity index (χ2n) is 3.93. The number of pyridine rings is 2. The van der Waals surface area contributed by atoms with Crippen molar-refractivity contribution < 1.29 is 0 Å². The highest BCUT2D eigenvalue weighted by Crippen LogP contribution is 2.14. The minimum atomic E-state index is 0.852. The van der Waals surface area contributed by atoms with Crippen LogP contribution in [0.3, 0.4) is 0 Å². The molecule has 17 heavy (non-hydrogen) atoms. The Morgan fingerprint density at radius 1 is 0.882 bits per heavy atom. The summed E-state index contributed by atoms with van der Waals surface area (Å²) in [6, 6.07) is 8.17. The Bertz CT molecular complexity index is 449. The topological polar surface area (TPSA) is 37.8 Å². The van der Waals surface area contributed by atoms with Gasteiger partial charge in [-0.3, -0.25) is 0 Å². The molecular formula is C14H17N3. The number of hydrogen-bond donors (Lipinski definition) is 1. The number of nitrogens with one attached hydrogen (secondary N) is 1. The van der Waals surface area contributed by atoms with Crippen molar-refractivity contribution in [2.75, 3.05) is 5.32 Å². The summed E-state index contributed by atoms with van der Waals surface area (Å²) in [6.07, 6.45) is 5.68. The first-order valence-corrected chi connectivity index (χ1v) is 5.98. The van der Waals surface area contributed by atoms with Gasteiger partial charge in [-0.2, -0.15) is 0 Å². The van der Waals surface area contributed by atoms with E-state index in [1.807, 2.05) is 24.5 Å². The first-order chi connectivity index (χ1) is 8.31. The van der Waals surface area contributed by atoms with Gasteiger partial charge in [0.15, 0.2) is 0 Å². The molecule has 0 atom stereocenters. The molecule has 3 nitrogen and oxygen atoms in total. The van der Waals surface area contributed by atoms with Gasteiger partial charge in [0.05, 0.1) is 0 Å². The van der Waals surface area contributed by atoms with Crippen LogP contribution in [0.4, 0.5) is 11.6 Å². The van der Waals surface area contributed by atoms with E-state index in [9.17, 15) is 0 Å². The van der Waals surface area contributed by atoms with Crippen LogP contribution in [0.25, 0.3) is 0 Å². The van der Waals surface area contributed by atoms with Crippen LogP contribution in [0.2, 0.25) is 0 Å². The molecule has 2 heterocycles. The Labute approximate surface area is 102 Å². The Balaban J connectivity index is 2.18. The fourth-order valence-electron chi connectivity index (χ4n) is 1.66. The van der Waals surface area contributed by atoms with Crippen LogP contribution < -0.4 is 5.32 Å². The summed E-state index contributed by atoms with van der Waals surface area (Å²) in [5, 5.41) is 3.23. The van der Waals surface area contributed by atoms with Gasteiger partial charge >= 0.3 is 0 Å². The zero-order chi connectivity index (χ0) is 12.1. The summed E-state index contributed by atoms with van der Waals surface area (Å²) in [6.45, 7) is 4.27. The smallest absolute Gasteiger partial charge is 0.131 e. The van der Waals surface area contributed by atoms with E-state index in [1.54, 1.807) is 0 Å². The van der Waals surface area contributed by atoms with E-state index in [0.29, 0.717) is 0 Å². The van der Waals surface area contributed by atoms with E-state index < -0.39 is 0 Å². The van der Waals surface area contributed by atoms with Gasteiger partial charge in [0, 0.05) is 12.4 Å². The van der Waals surface area contributed by atoms with Crippen molar-refractivity contribution in [3.8, 4) is 0 Å². The van der Waals surface area contributed by atoms with E-state index in [2.05, 4.69) is 41.3 Å². The van der Waals surface area contributed by atoms with Crippen molar-refractivity contribution in [1.82, 2.24) is 9.97 Å². The predicted octanol–water partition coefficient (Wildman–Crippen LogP) is 3.35. The maximum Gasteiger partial charge on any atom is 0.131 e. The molecule has 0 saturated heterocycles. The maximum atomic E-state index is 4.29. The molecule has 2 aromatic heterocycles. The Morgan fingerprint density at radius 3 is 1.76 bits per heavy atom. The minimum absolute atomic E-state index is 0.852. The van der Waals surface area contributed by atoms with E-state index in [0.717, 1.165) is 24.5 Å². The van der Waals surface area contributed by atoms with Gasteiger partial charge in [0.2, 0.25) is 0 Å². The fourth-order valence-corrected chi connectivity index (χ4v) is 1.66. The molecule has 2 aromatic rings. The lowest BCUT2D eigenvalue weighted by Crippen LogP contribution is -1.97. The molecule has 0 radical (unpaired) electrons. The average molecular weight is 227 g/mol. The zero-order valence-corrected chi connectivity index (χ0v) is 10.3. The number of rotatable bonds is 4. The summed E-state index contributed by atoms with van der Waals surface area (Å²) in [4.78, 5) is 8.57. The lowest BCUT2D eigenvalue weighted by molar-refractivity contribution is 1.10. The minimum Gasteiger partial charge on any atom is -0.325 e. The standard InChI is InChI=1S/C14H17N3/c1-3-11-5-7-15-13(9-11)17-14-10-12(4-2)6-8-16-14/h5-10H,3-4H2,1-2H3,(H,15,16,17). The number of aryl methyl sites for hydroxylation is 2. The van der Waals surface area contributed by atoms with Gasteiger partial charge in [-0.05, 0) is 48.2 Å². The number of hydrogen-bond acceptors (Lipinski definition) is 3. The van der Waals surface area contributed by atoms with E-state index in [4.69, 9.17) is 0 Å². The maximum absolute atomic E-state index is 4.29. The molecule has 1 N–H and O–H groups in total. The van der Waals surface area contributed by atoms with Gasteiger partial charge in [0.1, 0.15) is 11.6 Å². The van der Waals surface area contributed by atoms with Crippen molar-refractivity contribution in [2.24, 2.45) is 0 Å². The molecule has 0 amide bonds. The molecule has 88 valence electrons. The Morgan fingerprint density at radius 2 is 1.35 bits per heavy atom. The lowest BCUT2D eigenvalue weighted by atomic mass is 10.2. The highest BCUT2D eigenvalue weighted by atomic mass is 15.0. The third-order valence-electron chi connectivity index (χ3n) is 2.72. The highest BCUT2D eigenvalue weighted by Gasteiger charge is 1.99. The second kappa shape index (κ2) is 5.43. The van der Waals surface area contributed by atoms with Crippen LogP contribution >= 0.6 is 0 Å². The van der Waals surface area contributed by atoms with Gasteiger partial charge in [-0.25, -0.2) is 9.97 Å². The average Bonchev–Trinajstić information content (AvgIpc) is 2.39. The molecule has 0 saturated carbocycles. The van der Waals surface area contributed by atoms with Crippen LogP contribution in [-0.2, 0) is 12.8 Å².